The van der Waals surface area contributed by atoms with Gasteiger partial charge in [0.15, 0.2) is 0 Å². The molecule has 1 aliphatic carbocycles. The van der Waals surface area contributed by atoms with Crippen molar-refractivity contribution in [1.29, 1.82) is 0 Å². The maximum Gasteiger partial charge on any atom is 0.0713 e. The van der Waals surface area contributed by atoms with Gasteiger partial charge in [-0.2, -0.15) is 0 Å². The fourth-order valence-corrected chi connectivity index (χ4v) is 2.49. The smallest absolute Gasteiger partial charge is 0.0713 e. The van der Waals surface area contributed by atoms with Crippen LogP contribution in [0.5, 0.6) is 0 Å². The van der Waals surface area contributed by atoms with Crippen LogP contribution in [0.25, 0.3) is 0 Å². The van der Waals surface area contributed by atoms with E-state index in [2.05, 4.69) is 43.4 Å². The summed E-state index contributed by atoms with van der Waals surface area (Å²) in [4.78, 5) is 0. The SMILES string of the molecule is COCc1ccc(CNCC2(C(C)C)CC2)cc1. The third-order valence-electron chi connectivity index (χ3n) is 4.26. The average Bonchev–Trinajstić information content (AvgIpc) is 3.13. The minimum atomic E-state index is 0.593. The normalized spacial score (nSPS) is 17.1. The lowest BCUT2D eigenvalue weighted by atomic mass is 9.92. The number of hydrogen-bond acceptors (Lipinski definition) is 2. The van der Waals surface area contributed by atoms with Crippen LogP contribution in [0.3, 0.4) is 0 Å². The second kappa shape index (κ2) is 5.85. The molecule has 0 amide bonds. The van der Waals surface area contributed by atoms with Crippen molar-refractivity contribution >= 4 is 0 Å². The van der Waals surface area contributed by atoms with E-state index in [4.69, 9.17) is 4.74 Å². The van der Waals surface area contributed by atoms with E-state index in [0.29, 0.717) is 12.0 Å². The number of ether oxygens (including phenoxy) is 1. The van der Waals surface area contributed by atoms with Crippen molar-refractivity contribution in [2.75, 3.05) is 13.7 Å². The van der Waals surface area contributed by atoms with E-state index in [-0.39, 0.29) is 0 Å². The lowest BCUT2D eigenvalue weighted by Crippen LogP contribution is -2.27. The second-order valence-electron chi connectivity index (χ2n) is 5.87. The summed E-state index contributed by atoms with van der Waals surface area (Å²) in [6.07, 6.45) is 2.79. The highest BCUT2D eigenvalue weighted by Crippen LogP contribution is 2.51. The summed E-state index contributed by atoms with van der Waals surface area (Å²) in [6.45, 7) is 7.51. The number of hydrogen-bond donors (Lipinski definition) is 1. The van der Waals surface area contributed by atoms with Crippen LogP contribution in [-0.2, 0) is 17.9 Å². The van der Waals surface area contributed by atoms with Gasteiger partial charge in [0.2, 0.25) is 0 Å². The minimum Gasteiger partial charge on any atom is -0.380 e. The Morgan fingerprint density at radius 3 is 2.28 bits per heavy atom. The maximum absolute atomic E-state index is 5.11. The summed E-state index contributed by atoms with van der Waals surface area (Å²) in [7, 11) is 1.73. The lowest BCUT2D eigenvalue weighted by molar-refractivity contribution is 0.185. The Hall–Kier alpha value is -0.860. The van der Waals surface area contributed by atoms with Crippen LogP contribution >= 0.6 is 0 Å². The van der Waals surface area contributed by atoms with Gasteiger partial charge in [0, 0.05) is 20.2 Å². The number of rotatable bonds is 7. The Balaban J connectivity index is 1.77. The first-order chi connectivity index (χ1) is 8.66. The first kappa shape index (κ1) is 13.6. The van der Waals surface area contributed by atoms with Crippen LogP contribution in [0.15, 0.2) is 24.3 Å². The molecule has 0 atom stereocenters. The molecule has 2 rings (SSSR count). The van der Waals surface area contributed by atoms with Crippen LogP contribution in [-0.4, -0.2) is 13.7 Å². The molecule has 1 aromatic carbocycles. The van der Waals surface area contributed by atoms with E-state index in [1.807, 2.05) is 0 Å². The van der Waals surface area contributed by atoms with Crippen LogP contribution in [0.4, 0.5) is 0 Å². The van der Waals surface area contributed by atoms with Crippen molar-refractivity contribution in [1.82, 2.24) is 5.32 Å². The van der Waals surface area contributed by atoms with E-state index in [0.717, 1.165) is 19.0 Å². The molecule has 0 aliphatic heterocycles. The first-order valence-corrected chi connectivity index (χ1v) is 6.94. The number of benzene rings is 1. The van der Waals surface area contributed by atoms with Crippen LogP contribution in [0.1, 0.15) is 37.8 Å². The standard InChI is InChI=1S/C16H25NO/c1-13(2)16(8-9-16)12-17-10-14-4-6-15(7-5-14)11-18-3/h4-7,13,17H,8-12H2,1-3H3. The van der Waals surface area contributed by atoms with Crippen molar-refractivity contribution in [2.45, 2.75) is 39.8 Å². The monoisotopic (exact) mass is 247 g/mol. The summed E-state index contributed by atoms with van der Waals surface area (Å²) in [6, 6.07) is 8.68. The molecule has 0 saturated heterocycles. The fourth-order valence-electron chi connectivity index (χ4n) is 2.49. The molecule has 1 N–H and O–H groups in total. The Morgan fingerprint density at radius 2 is 1.78 bits per heavy atom. The molecule has 0 heterocycles. The summed E-state index contributed by atoms with van der Waals surface area (Å²) in [5, 5.41) is 3.61. The third-order valence-corrected chi connectivity index (χ3v) is 4.26. The molecule has 100 valence electrons. The van der Waals surface area contributed by atoms with Gasteiger partial charge in [-0.3, -0.25) is 0 Å². The second-order valence-corrected chi connectivity index (χ2v) is 5.87. The molecule has 2 nitrogen and oxygen atoms in total. The maximum atomic E-state index is 5.11. The molecule has 1 aliphatic rings. The molecule has 18 heavy (non-hydrogen) atoms. The van der Waals surface area contributed by atoms with Gasteiger partial charge in [0.05, 0.1) is 6.61 Å². The lowest BCUT2D eigenvalue weighted by Gasteiger charge is -2.20. The van der Waals surface area contributed by atoms with Crippen molar-refractivity contribution < 1.29 is 4.74 Å². The van der Waals surface area contributed by atoms with Gasteiger partial charge >= 0.3 is 0 Å². The van der Waals surface area contributed by atoms with Gasteiger partial charge in [-0.05, 0) is 35.3 Å². The molecule has 2 heteroatoms. The van der Waals surface area contributed by atoms with Gasteiger partial charge in [0.25, 0.3) is 0 Å². The van der Waals surface area contributed by atoms with Crippen molar-refractivity contribution in [3.8, 4) is 0 Å². The molecule has 1 saturated carbocycles. The average molecular weight is 247 g/mol. The zero-order chi connectivity index (χ0) is 13.0. The van der Waals surface area contributed by atoms with Gasteiger partial charge in [0.1, 0.15) is 0 Å². The van der Waals surface area contributed by atoms with Gasteiger partial charge in [-0.1, -0.05) is 38.1 Å². The molecule has 0 aromatic heterocycles. The molecule has 1 aromatic rings. The Kier molecular flexibility index (Phi) is 4.41. The highest BCUT2D eigenvalue weighted by Gasteiger charge is 2.44. The van der Waals surface area contributed by atoms with Crippen LogP contribution < -0.4 is 5.32 Å². The van der Waals surface area contributed by atoms with Gasteiger partial charge in [-0.25, -0.2) is 0 Å². The van der Waals surface area contributed by atoms with Crippen molar-refractivity contribution in [3.05, 3.63) is 35.4 Å². The number of nitrogens with one attached hydrogen (secondary N) is 1. The molecule has 1 fully saturated rings. The highest BCUT2D eigenvalue weighted by atomic mass is 16.5. The zero-order valence-electron chi connectivity index (χ0n) is 11.8. The molecule has 0 unspecified atom stereocenters. The Bertz CT molecular complexity index is 365. The summed E-state index contributed by atoms with van der Waals surface area (Å²) >= 11 is 0. The summed E-state index contributed by atoms with van der Waals surface area (Å²) in [5.41, 5.74) is 3.19. The minimum absolute atomic E-state index is 0.593. The van der Waals surface area contributed by atoms with Gasteiger partial charge in [-0.15, -0.1) is 0 Å². The highest BCUT2D eigenvalue weighted by molar-refractivity contribution is 5.22. The number of methoxy groups -OCH3 is 1. The zero-order valence-corrected chi connectivity index (χ0v) is 11.8. The van der Waals surface area contributed by atoms with Crippen LogP contribution in [0, 0.1) is 11.3 Å². The molecule has 0 radical (unpaired) electrons. The Morgan fingerprint density at radius 1 is 1.17 bits per heavy atom. The van der Waals surface area contributed by atoms with Crippen molar-refractivity contribution in [2.24, 2.45) is 11.3 Å². The first-order valence-electron chi connectivity index (χ1n) is 6.94. The third kappa shape index (κ3) is 3.33. The van der Waals surface area contributed by atoms with E-state index in [9.17, 15) is 0 Å². The fraction of sp³-hybridized carbons (Fsp3) is 0.625. The molecule has 0 spiro atoms. The largest absolute Gasteiger partial charge is 0.380 e. The quantitative estimate of drug-likeness (QED) is 0.797. The van der Waals surface area contributed by atoms with Crippen LogP contribution in [0.2, 0.25) is 0 Å². The Labute approximate surface area is 111 Å². The van der Waals surface area contributed by atoms with E-state index in [1.165, 1.54) is 24.0 Å². The molecular weight excluding hydrogens is 222 g/mol. The predicted molar refractivity (Wildman–Crippen MR) is 75.4 cm³/mol. The van der Waals surface area contributed by atoms with Crippen molar-refractivity contribution in [3.63, 3.8) is 0 Å². The van der Waals surface area contributed by atoms with E-state index in [1.54, 1.807) is 7.11 Å². The van der Waals surface area contributed by atoms with Gasteiger partial charge < -0.3 is 10.1 Å². The summed E-state index contributed by atoms with van der Waals surface area (Å²) < 4.78 is 5.11. The topological polar surface area (TPSA) is 21.3 Å². The van der Waals surface area contributed by atoms with E-state index < -0.39 is 0 Å². The predicted octanol–water partition coefficient (Wildman–Crippen LogP) is 3.36. The summed E-state index contributed by atoms with van der Waals surface area (Å²) in [5.74, 6) is 0.800. The molecular formula is C16H25NO. The molecule has 0 bridgehead atoms. The van der Waals surface area contributed by atoms with E-state index >= 15 is 0 Å².